The molecule has 1 fully saturated rings. The minimum atomic E-state index is -1.80. The van der Waals surface area contributed by atoms with Crippen LogP contribution in [0.5, 0.6) is 0 Å². The van der Waals surface area contributed by atoms with Crippen molar-refractivity contribution in [2.45, 2.75) is 48.1 Å². The molecular formula is C37H45Cl2N3Ru. The van der Waals surface area contributed by atoms with E-state index in [0.717, 1.165) is 24.1 Å². The minimum absolute atomic E-state index is 0.795. The zero-order valence-corrected chi connectivity index (χ0v) is 30.0. The number of anilines is 2. The molecule has 0 atom stereocenters. The minimum Gasteiger partial charge on any atom is -0.502 e. The second-order valence-electron chi connectivity index (χ2n) is 12.2. The summed E-state index contributed by atoms with van der Waals surface area (Å²) in [6.45, 7) is 18.5. The van der Waals surface area contributed by atoms with Crippen LogP contribution in [-0.2, 0) is 20.1 Å². The summed E-state index contributed by atoms with van der Waals surface area (Å²) in [5.74, 6) is 0. The smallest absolute Gasteiger partial charge is 0.0146 e. The Balaban J connectivity index is 0.000000199. The fourth-order valence-electron chi connectivity index (χ4n) is 6.30. The van der Waals surface area contributed by atoms with Gasteiger partial charge in [0.2, 0.25) is 0 Å². The number of benzene rings is 4. The summed E-state index contributed by atoms with van der Waals surface area (Å²) in [5.41, 5.74) is 14.6. The molecule has 0 amide bonds. The maximum atomic E-state index is 6.02. The first-order chi connectivity index (χ1) is 20.4. The zero-order chi connectivity index (χ0) is 31.3. The van der Waals surface area contributed by atoms with Gasteiger partial charge in [-0.05, 0) is 63.8 Å². The molecule has 1 aliphatic rings. The Kier molecular flexibility index (Phi) is 11.3. The Morgan fingerprint density at radius 3 is 1.60 bits per heavy atom. The third-order valence-electron chi connectivity index (χ3n) is 7.97. The molecule has 0 bridgehead atoms. The normalized spacial score (nSPS) is 13.5. The van der Waals surface area contributed by atoms with Gasteiger partial charge in [-0.25, -0.2) is 0 Å². The first-order valence-corrected chi connectivity index (χ1v) is 20.2. The van der Waals surface area contributed by atoms with E-state index in [2.05, 4.69) is 139 Å². The van der Waals surface area contributed by atoms with Gasteiger partial charge in [-0.3, -0.25) is 0 Å². The van der Waals surface area contributed by atoms with Crippen molar-refractivity contribution < 1.29 is 13.5 Å². The maximum Gasteiger partial charge on any atom is 0.0146 e. The predicted octanol–water partition coefficient (Wildman–Crippen LogP) is 9.51. The van der Waals surface area contributed by atoms with E-state index < -0.39 is 13.5 Å². The number of hydrogen-bond acceptors (Lipinski definition) is 2. The van der Waals surface area contributed by atoms with Crippen LogP contribution in [0.4, 0.5) is 17.1 Å². The third-order valence-corrected chi connectivity index (χ3v) is 9.80. The average molecular weight is 704 g/mol. The van der Waals surface area contributed by atoms with Crippen LogP contribution in [0.2, 0.25) is 0 Å². The Labute approximate surface area is 272 Å². The standard InChI is InChI=1S/C21H27N2.C16H18N.2ClH.Ru/c1-14-9-16(3)20(17(4)10-14)22-7-8-23(13-22)21-18(5)11-15(2)12-19(21)6;1-14-9-7-8-10-15(14)13-17(2,3)16-11-5-4-6-12-16;;;/h9-13H,7-8H2,1-6H3;1,4-12H,13H2,2-3H3;2*1H;/q-1;+1;;;+2/p-2. The Bertz CT molecular complexity index is 1480. The van der Waals surface area contributed by atoms with Gasteiger partial charge in [-0.2, -0.15) is 6.67 Å². The van der Waals surface area contributed by atoms with Gasteiger partial charge in [0.15, 0.2) is 0 Å². The molecule has 3 nitrogen and oxygen atoms in total. The first-order valence-electron chi connectivity index (χ1n) is 14.7. The summed E-state index contributed by atoms with van der Waals surface area (Å²) in [4.78, 5) is 4.81. The molecule has 0 aliphatic carbocycles. The molecule has 0 unspecified atom stereocenters. The topological polar surface area (TPSA) is 6.48 Å². The molecule has 230 valence electrons. The number of quaternary nitrogens is 1. The van der Waals surface area contributed by atoms with Crippen LogP contribution in [-0.4, -0.2) is 31.8 Å². The van der Waals surface area contributed by atoms with Crippen molar-refractivity contribution in [3.63, 3.8) is 0 Å². The van der Waals surface area contributed by atoms with Gasteiger partial charge in [0, 0.05) is 24.5 Å². The molecule has 0 aromatic heterocycles. The van der Waals surface area contributed by atoms with Crippen molar-refractivity contribution in [1.82, 2.24) is 4.48 Å². The summed E-state index contributed by atoms with van der Waals surface area (Å²) in [5, 5.41) is 0. The summed E-state index contributed by atoms with van der Waals surface area (Å²) >= 11 is -1.80. The number of para-hydroxylation sites is 1. The van der Waals surface area contributed by atoms with Gasteiger partial charge in [0.05, 0.1) is 0 Å². The van der Waals surface area contributed by atoms with Gasteiger partial charge in [-0.1, -0.05) is 35.4 Å². The molecule has 4 aromatic rings. The van der Waals surface area contributed by atoms with E-state index in [9.17, 15) is 0 Å². The predicted molar refractivity (Wildman–Crippen MR) is 187 cm³/mol. The van der Waals surface area contributed by atoms with Crippen molar-refractivity contribution >= 4 is 41.1 Å². The molecule has 0 radical (unpaired) electrons. The second-order valence-corrected chi connectivity index (χ2v) is 17.9. The Hall–Kier alpha value is -2.49. The number of aryl methyl sites for hydroxylation is 6. The molecule has 4 aromatic carbocycles. The monoisotopic (exact) mass is 703 g/mol. The quantitative estimate of drug-likeness (QED) is 0.112. The van der Waals surface area contributed by atoms with Gasteiger partial charge >= 0.3 is 134 Å². The summed E-state index contributed by atoms with van der Waals surface area (Å²) in [6, 6.07) is 28.0. The van der Waals surface area contributed by atoms with Crippen molar-refractivity contribution in [2.75, 3.05) is 37.0 Å². The molecule has 43 heavy (non-hydrogen) atoms. The van der Waals surface area contributed by atoms with Crippen molar-refractivity contribution in [3.8, 4) is 0 Å². The average Bonchev–Trinajstić information content (AvgIpc) is 3.38. The Morgan fingerprint density at radius 1 is 0.698 bits per heavy atom. The van der Waals surface area contributed by atoms with Crippen molar-refractivity contribution in [3.05, 3.63) is 130 Å². The summed E-state index contributed by atoms with van der Waals surface area (Å²) < 4.78 is 2.82. The zero-order valence-electron chi connectivity index (χ0n) is 26.7. The molecule has 5 rings (SSSR count). The molecule has 0 saturated carbocycles. The fraction of sp³-hybridized carbons (Fsp3) is 0.297. The van der Waals surface area contributed by atoms with E-state index in [1.54, 1.807) is 0 Å². The second kappa shape index (κ2) is 14.5. The number of nitrogens with zero attached hydrogens (tertiary/aromatic N) is 3. The van der Waals surface area contributed by atoms with Crippen LogP contribution in [0.1, 0.15) is 44.5 Å². The molecule has 0 N–H and O–H groups in total. The summed E-state index contributed by atoms with van der Waals surface area (Å²) in [7, 11) is 16.5. The number of halogens is 2. The van der Waals surface area contributed by atoms with E-state index in [0.29, 0.717) is 0 Å². The molecular weight excluding hydrogens is 658 g/mol. The van der Waals surface area contributed by atoms with Crippen LogP contribution in [0, 0.1) is 48.2 Å². The van der Waals surface area contributed by atoms with Crippen LogP contribution in [0.25, 0.3) is 0 Å². The van der Waals surface area contributed by atoms with Gasteiger partial charge in [0.1, 0.15) is 0 Å². The molecule has 0 spiro atoms. The summed E-state index contributed by atoms with van der Waals surface area (Å²) in [6.07, 6.45) is 0. The van der Waals surface area contributed by atoms with Crippen LogP contribution < -0.4 is 14.3 Å². The Morgan fingerprint density at radius 2 is 1.14 bits per heavy atom. The van der Waals surface area contributed by atoms with E-state index in [-0.39, 0.29) is 0 Å². The SMILES string of the molecule is C[N+](C)(Cc1ccccc1[CH]=[Ru]([Cl])[Cl])c1ccccc1.Cc1cc(C)c(N2[CH-]N(c3c(C)cc(C)cc3C)CC2)c(C)c1. The fourth-order valence-corrected chi connectivity index (χ4v) is 8.18. The number of rotatable bonds is 6. The molecule has 1 heterocycles. The van der Waals surface area contributed by atoms with Crippen LogP contribution >= 0.6 is 19.4 Å². The van der Waals surface area contributed by atoms with E-state index >= 15 is 0 Å². The van der Waals surface area contributed by atoms with Crippen LogP contribution in [0.3, 0.4) is 0 Å². The van der Waals surface area contributed by atoms with E-state index in [1.165, 1.54) is 61.6 Å². The van der Waals surface area contributed by atoms with Gasteiger partial charge < -0.3 is 9.80 Å². The molecule has 6 heteroatoms. The van der Waals surface area contributed by atoms with Crippen LogP contribution in [0.15, 0.2) is 78.9 Å². The molecule has 1 aliphatic heterocycles. The third kappa shape index (κ3) is 8.58. The van der Waals surface area contributed by atoms with Crippen molar-refractivity contribution in [2.24, 2.45) is 0 Å². The van der Waals surface area contributed by atoms with Gasteiger partial charge in [0.25, 0.3) is 0 Å². The van der Waals surface area contributed by atoms with Gasteiger partial charge in [-0.15, -0.1) is 0 Å². The largest absolute Gasteiger partial charge is 0.502 e. The molecule has 1 saturated heterocycles. The van der Waals surface area contributed by atoms with E-state index in [1.807, 2.05) is 16.7 Å². The first kappa shape index (κ1) is 33.4. The van der Waals surface area contributed by atoms with Crippen molar-refractivity contribution in [1.29, 1.82) is 0 Å². The van der Waals surface area contributed by atoms with E-state index in [4.69, 9.17) is 19.4 Å². The number of hydrogen-bond donors (Lipinski definition) is 0. The maximum absolute atomic E-state index is 6.02.